The van der Waals surface area contributed by atoms with Crippen LogP contribution in [0, 0.1) is 6.92 Å². The minimum atomic E-state index is -0.216. The van der Waals surface area contributed by atoms with Crippen molar-refractivity contribution in [2.75, 3.05) is 25.5 Å². The van der Waals surface area contributed by atoms with Crippen molar-refractivity contribution in [2.24, 2.45) is 0 Å². The van der Waals surface area contributed by atoms with Crippen molar-refractivity contribution in [1.29, 1.82) is 0 Å². The lowest BCUT2D eigenvalue weighted by Gasteiger charge is -2.35. The highest BCUT2D eigenvalue weighted by Crippen LogP contribution is 2.37. The predicted octanol–water partition coefficient (Wildman–Crippen LogP) is 7.16. The Balaban J connectivity index is 1.52. The highest BCUT2D eigenvalue weighted by Gasteiger charge is 2.25. The Morgan fingerprint density at radius 2 is 1.79 bits per heavy atom. The molecule has 1 saturated heterocycles. The molecule has 1 heterocycles. The molecule has 0 aliphatic carbocycles. The second-order valence-corrected chi connectivity index (χ2v) is 9.73. The molecule has 1 N–H and O–H groups in total. The number of aryl methyl sites for hydroxylation is 1. The minimum Gasteiger partial charge on any atom is -0.496 e. The first-order valence-corrected chi connectivity index (χ1v) is 12.3. The Hall–Kier alpha value is -2.82. The van der Waals surface area contributed by atoms with Crippen LogP contribution in [0.15, 0.2) is 60.7 Å². The molecule has 0 unspecified atom stereocenters. The van der Waals surface area contributed by atoms with Crippen molar-refractivity contribution >= 4 is 23.2 Å². The van der Waals surface area contributed by atoms with Crippen LogP contribution in [-0.4, -0.2) is 37.0 Å². The minimum absolute atomic E-state index is 0.216. The van der Waals surface area contributed by atoms with Crippen molar-refractivity contribution in [3.8, 4) is 16.9 Å². The van der Waals surface area contributed by atoms with Gasteiger partial charge in [0, 0.05) is 11.7 Å². The van der Waals surface area contributed by atoms with Crippen molar-refractivity contribution < 1.29 is 9.53 Å². The quantitative estimate of drug-likeness (QED) is 0.410. The zero-order valence-electron chi connectivity index (χ0n) is 20.4. The molecule has 1 aliphatic rings. The fourth-order valence-corrected chi connectivity index (χ4v) is 5.09. The van der Waals surface area contributed by atoms with Crippen LogP contribution in [0.3, 0.4) is 0 Å². The van der Waals surface area contributed by atoms with Gasteiger partial charge in [0.1, 0.15) is 5.75 Å². The molecule has 1 amide bonds. The number of hydrogen-bond donors (Lipinski definition) is 1. The molecule has 5 heteroatoms. The predicted molar refractivity (Wildman–Crippen MR) is 141 cm³/mol. The van der Waals surface area contributed by atoms with Gasteiger partial charge < -0.3 is 15.0 Å². The van der Waals surface area contributed by atoms with Gasteiger partial charge in [0.25, 0.3) is 5.91 Å². The molecule has 0 bridgehead atoms. The van der Waals surface area contributed by atoms with E-state index in [9.17, 15) is 4.79 Å². The van der Waals surface area contributed by atoms with Crippen molar-refractivity contribution in [3.05, 3.63) is 82.4 Å². The largest absolute Gasteiger partial charge is 0.496 e. The van der Waals surface area contributed by atoms with Gasteiger partial charge in [0.2, 0.25) is 0 Å². The SMILES string of the molecule is COc1ccc(NC(=O)c2ccc(-c3ccccc3C)cc2Cl)cc1C1CCN(C(C)C)CC1. The Morgan fingerprint density at radius 1 is 1.06 bits per heavy atom. The monoisotopic (exact) mass is 476 g/mol. The zero-order valence-corrected chi connectivity index (χ0v) is 21.2. The van der Waals surface area contributed by atoms with Gasteiger partial charge in [-0.15, -0.1) is 0 Å². The lowest BCUT2D eigenvalue weighted by molar-refractivity contribution is 0.102. The van der Waals surface area contributed by atoms with E-state index in [0.717, 1.165) is 54.1 Å². The molecular weight excluding hydrogens is 444 g/mol. The maximum atomic E-state index is 13.1. The summed E-state index contributed by atoms with van der Waals surface area (Å²) in [5, 5.41) is 3.48. The number of piperidine rings is 1. The summed E-state index contributed by atoms with van der Waals surface area (Å²) in [6.45, 7) is 8.71. The summed E-state index contributed by atoms with van der Waals surface area (Å²) < 4.78 is 5.65. The normalized spacial score (nSPS) is 14.9. The average Bonchev–Trinajstić information content (AvgIpc) is 2.84. The van der Waals surface area contributed by atoms with Gasteiger partial charge in [0.15, 0.2) is 0 Å². The lowest BCUT2D eigenvalue weighted by atomic mass is 9.88. The molecule has 1 aliphatic heterocycles. The van der Waals surface area contributed by atoms with Gasteiger partial charge in [-0.3, -0.25) is 4.79 Å². The van der Waals surface area contributed by atoms with Crippen molar-refractivity contribution in [2.45, 2.75) is 45.6 Å². The van der Waals surface area contributed by atoms with E-state index in [-0.39, 0.29) is 5.91 Å². The van der Waals surface area contributed by atoms with E-state index < -0.39 is 0 Å². The van der Waals surface area contributed by atoms with Gasteiger partial charge in [-0.2, -0.15) is 0 Å². The number of hydrogen-bond acceptors (Lipinski definition) is 3. The molecule has 4 nitrogen and oxygen atoms in total. The molecule has 0 atom stereocenters. The molecule has 0 saturated carbocycles. The van der Waals surface area contributed by atoms with Crippen LogP contribution in [0.2, 0.25) is 5.02 Å². The second-order valence-electron chi connectivity index (χ2n) is 9.32. The van der Waals surface area contributed by atoms with Gasteiger partial charge in [0.05, 0.1) is 17.7 Å². The summed E-state index contributed by atoms with van der Waals surface area (Å²) in [4.78, 5) is 15.6. The van der Waals surface area contributed by atoms with Crippen LogP contribution < -0.4 is 10.1 Å². The number of nitrogens with zero attached hydrogens (tertiary/aromatic N) is 1. The molecule has 3 aromatic rings. The summed E-state index contributed by atoms with van der Waals surface area (Å²) in [5.41, 5.74) is 5.65. The standard InChI is InChI=1S/C29H33ClN2O2/c1-19(2)32-15-13-21(14-16-32)26-18-23(10-12-28(26)34-4)31-29(33)25-11-9-22(17-27(25)30)24-8-6-5-7-20(24)3/h5-12,17-19,21H,13-16H2,1-4H3,(H,31,33). The maximum Gasteiger partial charge on any atom is 0.257 e. The Labute approximate surface area is 207 Å². The molecule has 0 radical (unpaired) electrons. The third-order valence-electron chi connectivity index (χ3n) is 6.86. The summed E-state index contributed by atoms with van der Waals surface area (Å²) >= 11 is 6.55. The highest BCUT2D eigenvalue weighted by atomic mass is 35.5. The van der Waals surface area contributed by atoms with Crippen LogP contribution in [0.5, 0.6) is 5.75 Å². The number of rotatable bonds is 6. The van der Waals surface area contributed by atoms with E-state index in [2.05, 4.69) is 49.2 Å². The highest BCUT2D eigenvalue weighted by molar-refractivity contribution is 6.34. The number of likely N-dealkylation sites (tertiary alicyclic amines) is 1. The van der Waals surface area contributed by atoms with E-state index in [1.54, 1.807) is 13.2 Å². The lowest BCUT2D eigenvalue weighted by Crippen LogP contribution is -2.37. The number of nitrogens with one attached hydrogen (secondary N) is 1. The third kappa shape index (κ3) is 5.29. The van der Waals surface area contributed by atoms with Crippen molar-refractivity contribution in [1.82, 2.24) is 4.90 Å². The van der Waals surface area contributed by atoms with Crippen LogP contribution in [0.1, 0.15) is 54.1 Å². The Bertz CT molecular complexity index is 1170. The second kappa shape index (κ2) is 10.6. The molecule has 0 spiro atoms. The maximum absolute atomic E-state index is 13.1. The number of carbonyl (C=O) groups is 1. The first kappa shape index (κ1) is 24.3. The van der Waals surface area contributed by atoms with E-state index in [4.69, 9.17) is 16.3 Å². The Kier molecular flexibility index (Phi) is 7.60. The molecule has 178 valence electrons. The smallest absolute Gasteiger partial charge is 0.257 e. The molecular formula is C29H33ClN2O2. The number of carbonyl (C=O) groups excluding carboxylic acids is 1. The van der Waals surface area contributed by atoms with E-state index in [1.807, 2.05) is 36.4 Å². The topological polar surface area (TPSA) is 41.6 Å². The third-order valence-corrected chi connectivity index (χ3v) is 7.17. The van der Waals surface area contributed by atoms with Gasteiger partial charge in [-0.1, -0.05) is 41.9 Å². The number of benzene rings is 3. The van der Waals surface area contributed by atoms with Crippen LogP contribution >= 0.6 is 11.6 Å². The van der Waals surface area contributed by atoms with E-state index >= 15 is 0 Å². The fraction of sp³-hybridized carbons (Fsp3) is 0.345. The number of methoxy groups -OCH3 is 1. The average molecular weight is 477 g/mol. The van der Waals surface area contributed by atoms with Crippen LogP contribution in [0.4, 0.5) is 5.69 Å². The van der Waals surface area contributed by atoms with E-state index in [0.29, 0.717) is 22.5 Å². The number of anilines is 1. The van der Waals surface area contributed by atoms with Crippen LogP contribution in [-0.2, 0) is 0 Å². The number of halogens is 1. The summed E-state index contributed by atoms with van der Waals surface area (Å²) in [7, 11) is 1.70. The molecule has 4 rings (SSSR count). The van der Waals surface area contributed by atoms with Crippen molar-refractivity contribution in [3.63, 3.8) is 0 Å². The van der Waals surface area contributed by atoms with Crippen LogP contribution in [0.25, 0.3) is 11.1 Å². The Morgan fingerprint density at radius 3 is 2.44 bits per heavy atom. The molecule has 1 fully saturated rings. The van der Waals surface area contributed by atoms with Gasteiger partial charge in [-0.05, 0) is 105 Å². The number of ether oxygens (including phenoxy) is 1. The summed E-state index contributed by atoms with van der Waals surface area (Å²) in [6.07, 6.45) is 2.16. The summed E-state index contributed by atoms with van der Waals surface area (Å²) in [6, 6.07) is 20.2. The zero-order chi connectivity index (χ0) is 24.2. The fourth-order valence-electron chi connectivity index (χ4n) is 4.82. The summed E-state index contributed by atoms with van der Waals surface area (Å²) in [5.74, 6) is 1.08. The molecule has 3 aromatic carbocycles. The first-order chi connectivity index (χ1) is 16.4. The van der Waals surface area contributed by atoms with Gasteiger partial charge >= 0.3 is 0 Å². The molecule has 0 aromatic heterocycles. The van der Waals surface area contributed by atoms with Gasteiger partial charge in [-0.25, -0.2) is 0 Å². The van der Waals surface area contributed by atoms with E-state index in [1.165, 1.54) is 5.56 Å². The molecule has 34 heavy (non-hydrogen) atoms. The number of amides is 1. The first-order valence-electron chi connectivity index (χ1n) is 12.0.